The van der Waals surface area contributed by atoms with Gasteiger partial charge < -0.3 is 19.9 Å². The molecule has 3 rings (SSSR count). The van der Waals surface area contributed by atoms with Crippen molar-refractivity contribution in [2.75, 3.05) is 6.61 Å². The molecule has 0 fully saturated rings. The Morgan fingerprint density at radius 1 is 1.23 bits per heavy atom. The van der Waals surface area contributed by atoms with Crippen molar-refractivity contribution in [3.63, 3.8) is 0 Å². The van der Waals surface area contributed by atoms with E-state index in [1.54, 1.807) is 19.9 Å². The first-order valence-corrected chi connectivity index (χ1v) is 10.2. The molecule has 0 aliphatic carbocycles. The number of para-hydroxylation sites is 1. The van der Waals surface area contributed by atoms with Gasteiger partial charge in [-0.2, -0.15) is 5.26 Å². The number of allylic oxidation sites excluding steroid dienone is 2. The summed E-state index contributed by atoms with van der Waals surface area (Å²) < 4.78 is 17.7. The molecule has 1 aliphatic rings. The van der Waals surface area contributed by atoms with Gasteiger partial charge >= 0.3 is 5.97 Å². The molecule has 2 aromatic rings. The highest BCUT2D eigenvalue weighted by Crippen LogP contribution is 2.43. The third-order valence-electron chi connectivity index (χ3n) is 4.64. The third-order valence-corrected chi connectivity index (χ3v) is 5.17. The largest absolute Gasteiger partial charge is 0.489 e. The van der Waals surface area contributed by atoms with Crippen LogP contribution in [0.4, 0.5) is 0 Å². The second kappa shape index (κ2) is 9.51. The monoisotopic (exact) mass is 468 g/mol. The number of nitrogens with two attached hydrogens (primary N) is 1. The number of hydrogen-bond acceptors (Lipinski definition) is 6. The number of carbonyl (C=O) groups is 1. The first kappa shape index (κ1) is 21.5. The highest BCUT2D eigenvalue weighted by molar-refractivity contribution is 9.10. The van der Waals surface area contributed by atoms with E-state index in [-0.39, 0.29) is 23.6 Å². The van der Waals surface area contributed by atoms with Crippen LogP contribution in [-0.2, 0) is 20.9 Å². The van der Waals surface area contributed by atoms with Crippen LogP contribution in [0, 0.1) is 11.3 Å². The Balaban J connectivity index is 2.02. The fourth-order valence-electron chi connectivity index (χ4n) is 3.26. The molecule has 0 spiro atoms. The molecule has 0 bridgehead atoms. The molecule has 2 aromatic carbocycles. The van der Waals surface area contributed by atoms with E-state index in [9.17, 15) is 10.1 Å². The second-order valence-electron chi connectivity index (χ2n) is 6.57. The highest BCUT2D eigenvalue weighted by atomic mass is 79.9. The number of halogens is 1. The van der Waals surface area contributed by atoms with Gasteiger partial charge in [0.15, 0.2) is 0 Å². The lowest BCUT2D eigenvalue weighted by atomic mass is 9.82. The summed E-state index contributed by atoms with van der Waals surface area (Å²) in [4.78, 5) is 12.7. The molecule has 7 heteroatoms. The second-order valence-corrected chi connectivity index (χ2v) is 7.48. The molecular weight excluding hydrogens is 448 g/mol. The van der Waals surface area contributed by atoms with Gasteiger partial charge in [0, 0.05) is 10.0 Å². The standard InChI is InChI=1S/C23H21BrN2O4/c1-3-28-23(27)20-14(2)30-22(26)18(12-25)21(20)17-6-4-5-7-19(17)29-13-15-8-10-16(24)11-9-15/h4-11,21H,3,13,26H2,1-2H3. The molecule has 154 valence electrons. The lowest BCUT2D eigenvalue weighted by molar-refractivity contribution is -0.139. The smallest absolute Gasteiger partial charge is 0.338 e. The van der Waals surface area contributed by atoms with Crippen LogP contribution in [0.3, 0.4) is 0 Å². The van der Waals surface area contributed by atoms with Gasteiger partial charge in [-0.15, -0.1) is 0 Å². The van der Waals surface area contributed by atoms with Gasteiger partial charge in [0.2, 0.25) is 5.88 Å². The lowest BCUT2D eigenvalue weighted by Gasteiger charge is -2.28. The molecule has 1 unspecified atom stereocenters. The summed E-state index contributed by atoms with van der Waals surface area (Å²) in [5, 5.41) is 9.75. The van der Waals surface area contributed by atoms with E-state index in [1.165, 1.54) is 0 Å². The van der Waals surface area contributed by atoms with Crippen molar-refractivity contribution in [2.24, 2.45) is 5.73 Å². The van der Waals surface area contributed by atoms with Crippen LogP contribution in [0.15, 0.2) is 75.8 Å². The van der Waals surface area contributed by atoms with Gasteiger partial charge in [0.1, 0.15) is 29.8 Å². The zero-order chi connectivity index (χ0) is 21.7. The summed E-state index contributed by atoms with van der Waals surface area (Å²) in [5.74, 6) is -0.484. The van der Waals surface area contributed by atoms with Gasteiger partial charge in [0.25, 0.3) is 0 Å². The number of hydrogen-bond donors (Lipinski definition) is 1. The van der Waals surface area contributed by atoms with E-state index in [4.69, 9.17) is 19.9 Å². The molecule has 30 heavy (non-hydrogen) atoms. The molecule has 1 aliphatic heterocycles. The van der Waals surface area contributed by atoms with E-state index in [1.807, 2.05) is 42.5 Å². The Hall–Kier alpha value is -3.24. The lowest BCUT2D eigenvalue weighted by Crippen LogP contribution is -2.26. The van der Waals surface area contributed by atoms with Crippen molar-refractivity contribution >= 4 is 21.9 Å². The minimum Gasteiger partial charge on any atom is -0.489 e. The van der Waals surface area contributed by atoms with Gasteiger partial charge in [-0.3, -0.25) is 0 Å². The van der Waals surface area contributed by atoms with Crippen molar-refractivity contribution in [3.05, 3.63) is 86.9 Å². The molecule has 0 radical (unpaired) electrons. The van der Waals surface area contributed by atoms with Crippen LogP contribution in [0.25, 0.3) is 0 Å². The molecule has 0 saturated carbocycles. The number of nitriles is 1. The minimum atomic E-state index is -0.746. The van der Waals surface area contributed by atoms with Crippen molar-refractivity contribution < 1.29 is 19.0 Å². The Kier molecular flexibility index (Phi) is 6.80. The summed E-state index contributed by atoms with van der Waals surface area (Å²) in [6.07, 6.45) is 0. The summed E-state index contributed by atoms with van der Waals surface area (Å²) >= 11 is 3.41. The number of esters is 1. The molecule has 1 atom stereocenters. The Bertz CT molecular complexity index is 1050. The maximum Gasteiger partial charge on any atom is 0.338 e. The van der Waals surface area contributed by atoms with E-state index >= 15 is 0 Å². The third kappa shape index (κ3) is 4.50. The van der Waals surface area contributed by atoms with Crippen LogP contribution in [0.1, 0.15) is 30.9 Å². The van der Waals surface area contributed by atoms with Gasteiger partial charge in [-0.25, -0.2) is 4.79 Å². The first-order chi connectivity index (χ1) is 14.5. The van der Waals surface area contributed by atoms with Crippen molar-refractivity contribution in [1.82, 2.24) is 0 Å². The average Bonchev–Trinajstić information content (AvgIpc) is 2.73. The Morgan fingerprint density at radius 2 is 1.93 bits per heavy atom. The molecule has 2 N–H and O–H groups in total. The topological polar surface area (TPSA) is 94.6 Å². The van der Waals surface area contributed by atoms with E-state index in [2.05, 4.69) is 22.0 Å². The SMILES string of the molecule is CCOC(=O)C1=C(C)OC(N)=C(C#N)C1c1ccccc1OCc1ccc(Br)cc1. The first-order valence-electron chi connectivity index (χ1n) is 9.37. The number of rotatable bonds is 6. The Labute approximate surface area is 183 Å². The van der Waals surface area contributed by atoms with E-state index in [0.717, 1.165) is 10.0 Å². The fourth-order valence-corrected chi connectivity index (χ4v) is 3.52. The quantitative estimate of drug-likeness (QED) is 0.618. The maximum atomic E-state index is 12.7. The minimum absolute atomic E-state index is 0.0317. The zero-order valence-corrected chi connectivity index (χ0v) is 18.2. The number of benzene rings is 2. The molecular formula is C23H21BrN2O4. The van der Waals surface area contributed by atoms with Crippen LogP contribution in [0.2, 0.25) is 0 Å². The van der Waals surface area contributed by atoms with Crippen molar-refractivity contribution in [3.8, 4) is 11.8 Å². The summed E-state index contributed by atoms with van der Waals surface area (Å²) in [6, 6.07) is 17.1. The van der Waals surface area contributed by atoms with Crippen molar-refractivity contribution in [1.29, 1.82) is 5.26 Å². The van der Waals surface area contributed by atoms with Crippen LogP contribution in [0.5, 0.6) is 5.75 Å². The summed E-state index contributed by atoms with van der Waals surface area (Å²) in [6.45, 7) is 3.87. The molecule has 0 saturated heterocycles. The Morgan fingerprint density at radius 3 is 2.60 bits per heavy atom. The van der Waals surface area contributed by atoms with Crippen LogP contribution >= 0.6 is 15.9 Å². The van der Waals surface area contributed by atoms with Crippen molar-refractivity contribution in [2.45, 2.75) is 26.4 Å². The van der Waals surface area contributed by atoms with Crippen LogP contribution < -0.4 is 10.5 Å². The zero-order valence-electron chi connectivity index (χ0n) is 16.6. The number of carbonyl (C=O) groups excluding carboxylic acids is 1. The number of nitrogens with zero attached hydrogens (tertiary/aromatic N) is 1. The molecule has 0 amide bonds. The normalized spacial score (nSPS) is 16.0. The fraction of sp³-hybridized carbons (Fsp3) is 0.217. The molecule has 1 heterocycles. The predicted molar refractivity (Wildman–Crippen MR) is 115 cm³/mol. The summed E-state index contributed by atoms with van der Waals surface area (Å²) in [5.41, 5.74) is 7.98. The highest BCUT2D eigenvalue weighted by Gasteiger charge is 2.37. The average molecular weight is 469 g/mol. The number of ether oxygens (including phenoxy) is 3. The van der Waals surface area contributed by atoms with E-state index in [0.29, 0.717) is 23.7 Å². The maximum absolute atomic E-state index is 12.7. The predicted octanol–water partition coefficient (Wildman–Crippen LogP) is 4.67. The molecule has 6 nitrogen and oxygen atoms in total. The van der Waals surface area contributed by atoms with Crippen LogP contribution in [-0.4, -0.2) is 12.6 Å². The van der Waals surface area contributed by atoms with Gasteiger partial charge in [-0.05, 0) is 37.6 Å². The van der Waals surface area contributed by atoms with Gasteiger partial charge in [0.05, 0.1) is 18.1 Å². The molecule has 0 aromatic heterocycles. The summed E-state index contributed by atoms with van der Waals surface area (Å²) in [7, 11) is 0. The van der Waals surface area contributed by atoms with Gasteiger partial charge in [-0.1, -0.05) is 46.3 Å². The van der Waals surface area contributed by atoms with E-state index < -0.39 is 11.9 Å².